The van der Waals surface area contributed by atoms with Gasteiger partial charge in [0.25, 0.3) is 11.6 Å². The normalized spacial score (nSPS) is 10.1. The summed E-state index contributed by atoms with van der Waals surface area (Å²) in [6, 6.07) is 4.45. The second-order valence-corrected chi connectivity index (χ2v) is 4.70. The fourth-order valence-electron chi connectivity index (χ4n) is 1.54. The molecule has 1 aromatic rings. The highest BCUT2D eigenvalue weighted by Gasteiger charge is 2.18. The molecule has 0 spiro atoms. The summed E-state index contributed by atoms with van der Waals surface area (Å²) in [5.74, 6) is -0.459. The van der Waals surface area contributed by atoms with Crippen LogP contribution >= 0.6 is 12.2 Å². The molecule has 2 N–H and O–H groups in total. The van der Waals surface area contributed by atoms with E-state index in [1.165, 1.54) is 25.1 Å². The lowest BCUT2D eigenvalue weighted by Crippen LogP contribution is -2.42. The number of nitro groups is 1. The fourth-order valence-corrected chi connectivity index (χ4v) is 1.86. The van der Waals surface area contributed by atoms with E-state index in [1.807, 2.05) is 13.8 Å². The van der Waals surface area contributed by atoms with E-state index < -0.39 is 10.8 Å². The number of hydrogen-bond acceptors (Lipinski definition) is 4. The lowest BCUT2D eigenvalue weighted by atomic mass is 10.1. The SMILES string of the molecule is Cc1c(C(=O)NC(=S)NC(C)C)cccc1[N+](=O)[O-]. The van der Waals surface area contributed by atoms with Crippen molar-refractivity contribution in [3.63, 3.8) is 0 Å². The average Bonchev–Trinajstić information content (AvgIpc) is 2.27. The van der Waals surface area contributed by atoms with Crippen LogP contribution in [-0.2, 0) is 0 Å². The smallest absolute Gasteiger partial charge is 0.273 e. The zero-order chi connectivity index (χ0) is 14.6. The predicted octanol–water partition coefficient (Wildman–Crippen LogP) is 1.92. The van der Waals surface area contributed by atoms with Crippen LogP contribution in [0.5, 0.6) is 0 Å². The lowest BCUT2D eigenvalue weighted by Gasteiger charge is -2.12. The lowest BCUT2D eigenvalue weighted by molar-refractivity contribution is -0.385. The minimum Gasteiger partial charge on any atom is -0.360 e. The summed E-state index contributed by atoms with van der Waals surface area (Å²) in [4.78, 5) is 22.3. The molecule has 19 heavy (non-hydrogen) atoms. The molecule has 7 heteroatoms. The van der Waals surface area contributed by atoms with Gasteiger partial charge in [-0.15, -0.1) is 0 Å². The second kappa shape index (κ2) is 6.24. The molecule has 0 saturated carbocycles. The van der Waals surface area contributed by atoms with E-state index in [9.17, 15) is 14.9 Å². The number of amides is 1. The summed E-state index contributed by atoms with van der Waals surface area (Å²) in [7, 11) is 0. The summed E-state index contributed by atoms with van der Waals surface area (Å²) in [5.41, 5.74) is 0.467. The van der Waals surface area contributed by atoms with Crippen LogP contribution in [0.25, 0.3) is 0 Å². The first-order chi connectivity index (χ1) is 8.82. The Hall–Kier alpha value is -2.02. The number of carbonyl (C=O) groups excluding carboxylic acids is 1. The van der Waals surface area contributed by atoms with Crippen LogP contribution in [0.15, 0.2) is 18.2 Å². The Balaban J connectivity index is 2.92. The third-order valence-corrected chi connectivity index (χ3v) is 2.61. The number of hydrogen-bond donors (Lipinski definition) is 2. The molecule has 0 heterocycles. The molecule has 1 rings (SSSR count). The molecular formula is C12H15N3O3S. The molecular weight excluding hydrogens is 266 g/mol. The maximum atomic E-state index is 12.0. The third-order valence-electron chi connectivity index (χ3n) is 2.39. The number of nitro benzene ring substituents is 1. The molecule has 0 fully saturated rings. The minimum absolute atomic E-state index is 0.0876. The van der Waals surface area contributed by atoms with Gasteiger partial charge < -0.3 is 5.32 Å². The van der Waals surface area contributed by atoms with Gasteiger partial charge in [0.15, 0.2) is 5.11 Å². The van der Waals surface area contributed by atoms with Gasteiger partial charge in [0, 0.05) is 23.2 Å². The number of nitrogens with one attached hydrogen (secondary N) is 2. The topological polar surface area (TPSA) is 84.3 Å². The van der Waals surface area contributed by atoms with E-state index in [2.05, 4.69) is 10.6 Å². The van der Waals surface area contributed by atoms with Crippen molar-refractivity contribution >= 4 is 28.9 Å². The molecule has 102 valence electrons. The number of nitrogens with zero attached hydrogens (tertiary/aromatic N) is 1. The third kappa shape index (κ3) is 3.99. The molecule has 0 aromatic heterocycles. The van der Waals surface area contributed by atoms with Crippen molar-refractivity contribution in [1.29, 1.82) is 0 Å². The summed E-state index contributed by atoms with van der Waals surface area (Å²) in [6.45, 7) is 5.31. The van der Waals surface area contributed by atoms with Crippen molar-refractivity contribution in [2.75, 3.05) is 0 Å². The summed E-state index contributed by atoms with van der Waals surface area (Å²) in [5, 5.41) is 16.4. The highest BCUT2D eigenvalue weighted by atomic mass is 32.1. The molecule has 1 aromatic carbocycles. The summed E-state index contributed by atoms with van der Waals surface area (Å²) in [6.07, 6.45) is 0. The largest absolute Gasteiger partial charge is 0.360 e. The fraction of sp³-hybridized carbons (Fsp3) is 0.333. The molecule has 0 aliphatic heterocycles. The number of benzene rings is 1. The zero-order valence-electron chi connectivity index (χ0n) is 10.9. The predicted molar refractivity (Wildman–Crippen MR) is 76.2 cm³/mol. The van der Waals surface area contributed by atoms with Crippen molar-refractivity contribution in [2.24, 2.45) is 0 Å². The zero-order valence-corrected chi connectivity index (χ0v) is 11.7. The maximum Gasteiger partial charge on any atom is 0.273 e. The van der Waals surface area contributed by atoms with Crippen LogP contribution in [0, 0.1) is 17.0 Å². The van der Waals surface area contributed by atoms with Crippen LogP contribution in [0.4, 0.5) is 5.69 Å². The van der Waals surface area contributed by atoms with Gasteiger partial charge in [-0.25, -0.2) is 0 Å². The number of rotatable bonds is 3. The number of carbonyl (C=O) groups is 1. The van der Waals surface area contributed by atoms with Gasteiger partial charge in [-0.2, -0.15) is 0 Å². The molecule has 6 nitrogen and oxygen atoms in total. The Morgan fingerprint density at radius 2 is 2.05 bits per heavy atom. The molecule has 0 saturated heterocycles. The van der Waals surface area contributed by atoms with E-state index in [0.29, 0.717) is 5.56 Å². The Morgan fingerprint density at radius 1 is 1.42 bits per heavy atom. The van der Waals surface area contributed by atoms with Crippen LogP contribution in [-0.4, -0.2) is 22.0 Å². The van der Waals surface area contributed by atoms with E-state index >= 15 is 0 Å². The first kappa shape index (κ1) is 15.0. The van der Waals surface area contributed by atoms with Gasteiger partial charge in [0.2, 0.25) is 0 Å². The van der Waals surface area contributed by atoms with E-state index in [4.69, 9.17) is 12.2 Å². The van der Waals surface area contributed by atoms with E-state index in [1.54, 1.807) is 0 Å². The second-order valence-electron chi connectivity index (χ2n) is 4.29. The van der Waals surface area contributed by atoms with Crippen LogP contribution < -0.4 is 10.6 Å². The first-order valence-corrected chi connectivity index (χ1v) is 6.09. The summed E-state index contributed by atoms with van der Waals surface area (Å²) >= 11 is 4.96. The molecule has 0 radical (unpaired) electrons. The van der Waals surface area contributed by atoms with Crippen LogP contribution in [0.2, 0.25) is 0 Å². The van der Waals surface area contributed by atoms with Gasteiger partial charge in [0.1, 0.15) is 0 Å². The van der Waals surface area contributed by atoms with E-state index in [-0.39, 0.29) is 22.4 Å². The minimum atomic E-state index is -0.517. The van der Waals surface area contributed by atoms with Crippen molar-refractivity contribution in [2.45, 2.75) is 26.8 Å². The van der Waals surface area contributed by atoms with Crippen molar-refractivity contribution in [1.82, 2.24) is 10.6 Å². The Bertz CT molecular complexity index is 529. The van der Waals surface area contributed by atoms with Gasteiger partial charge in [-0.1, -0.05) is 6.07 Å². The van der Waals surface area contributed by atoms with Crippen LogP contribution in [0.1, 0.15) is 29.8 Å². The van der Waals surface area contributed by atoms with Gasteiger partial charge in [-0.3, -0.25) is 20.2 Å². The molecule has 0 unspecified atom stereocenters. The van der Waals surface area contributed by atoms with Gasteiger partial charge >= 0.3 is 0 Å². The number of thiocarbonyl (C=S) groups is 1. The first-order valence-electron chi connectivity index (χ1n) is 5.68. The van der Waals surface area contributed by atoms with Crippen molar-refractivity contribution in [3.8, 4) is 0 Å². The Morgan fingerprint density at radius 3 is 2.58 bits per heavy atom. The van der Waals surface area contributed by atoms with Gasteiger partial charge in [-0.05, 0) is 39.1 Å². The quantitative estimate of drug-likeness (QED) is 0.502. The monoisotopic (exact) mass is 281 g/mol. The molecule has 0 aliphatic carbocycles. The van der Waals surface area contributed by atoms with Crippen molar-refractivity contribution in [3.05, 3.63) is 39.4 Å². The maximum absolute atomic E-state index is 12.0. The highest BCUT2D eigenvalue weighted by molar-refractivity contribution is 7.80. The standard InChI is InChI=1S/C12H15N3O3S/c1-7(2)13-12(19)14-11(16)9-5-4-6-10(8(9)3)15(17)18/h4-7H,1-3H3,(H2,13,14,16,19). The molecule has 0 bridgehead atoms. The van der Waals surface area contributed by atoms with E-state index in [0.717, 1.165) is 0 Å². The Kier molecular flexibility index (Phi) is 4.94. The van der Waals surface area contributed by atoms with Gasteiger partial charge in [0.05, 0.1) is 4.92 Å². The molecule has 0 atom stereocenters. The van der Waals surface area contributed by atoms with Crippen molar-refractivity contribution < 1.29 is 9.72 Å². The average molecular weight is 281 g/mol. The highest BCUT2D eigenvalue weighted by Crippen LogP contribution is 2.20. The Labute approximate surface area is 116 Å². The van der Waals surface area contributed by atoms with Crippen LogP contribution in [0.3, 0.4) is 0 Å². The molecule has 0 aliphatic rings. The molecule has 1 amide bonds. The summed E-state index contributed by atoms with van der Waals surface area (Å²) < 4.78 is 0.